The first-order chi connectivity index (χ1) is 13.8. The quantitative estimate of drug-likeness (QED) is 0.430. The molecule has 0 saturated carbocycles. The summed E-state index contributed by atoms with van der Waals surface area (Å²) in [6, 6.07) is 10.8. The van der Waals surface area contributed by atoms with Gasteiger partial charge in [0.05, 0.1) is 24.4 Å². The maximum atomic E-state index is 12.9. The summed E-state index contributed by atoms with van der Waals surface area (Å²) in [6.07, 6.45) is 1.60. The van der Waals surface area contributed by atoms with Crippen LogP contribution in [0.1, 0.15) is 13.3 Å². The summed E-state index contributed by atoms with van der Waals surface area (Å²) in [4.78, 5) is 12.1. The number of sulfonamides is 1. The maximum absolute atomic E-state index is 12.9. The molecule has 0 radical (unpaired) electrons. The average Bonchev–Trinajstić information content (AvgIpc) is 2.69. The number of methoxy groups -OCH3 is 1. The lowest BCUT2D eigenvalue weighted by Gasteiger charge is -2.16. The first kappa shape index (κ1) is 22.7. The van der Waals surface area contributed by atoms with Crippen LogP contribution in [0.15, 0.2) is 60.0 Å². The lowest BCUT2D eigenvalue weighted by Crippen LogP contribution is -2.28. The van der Waals surface area contributed by atoms with Crippen molar-refractivity contribution in [3.63, 3.8) is 0 Å². The van der Waals surface area contributed by atoms with E-state index in [1.165, 1.54) is 19.2 Å². The van der Waals surface area contributed by atoms with Crippen LogP contribution in [-0.2, 0) is 19.6 Å². The van der Waals surface area contributed by atoms with Gasteiger partial charge in [0.15, 0.2) is 0 Å². The van der Waals surface area contributed by atoms with E-state index in [2.05, 4.69) is 16.6 Å². The van der Waals surface area contributed by atoms with Crippen LogP contribution in [0.25, 0.3) is 0 Å². The smallest absolute Gasteiger partial charge is 0.265 e. The van der Waals surface area contributed by atoms with Crippen molar-refractivity contribution >= 4 is 38.9 Å². The van der Waals surface area contributed by atoms with Crippen LogP contribution in [-0.4, -0.2) is 34.1 Å². The number of amides is 1. The van der Waals surface area contributed by atoms with Crippen LogP contribution in [0.4, 0.5) is 11.4 Å². The van der Waals surface area contributed by atoms with E-state index >= 15 is 0 Å². The first-order valence-electron chi connectivity index (χ1n) is 8.77. The molecule has 1 atom stereocenters. The van der Waals surface area contributed by atoms with E-state index in [1.807, 2.05) is 0 Å². The van der Waals surface area contributed by atoms with E-state index < -0.39 is 22.0 Å². The van der Waals surface area contributed by atoms with Crippen LogP contribution in [0.2, 0.25) is 5.02 Å². The zero-order valence-corrected chi connectivity index (χ0v) is 17.7. The summed E-state index contributed by atoms with van der Waals surface area (Å²) >= 11 is 6.04. The standard InChI is InChI=1S/C20H23ClN2O5S/c1-4-5-12-28-14(2)20(24)22-15-10-11-18(27-3)19(13-15)29(25,26)23-17-9-7-6-8-16(17)21/h4,6-11,13-14,23H,1,5,12H2,2-3H3,(H,22,24). The van der Waals surface area contributed by atoms with E-state index in [1.54, 1.807) is 43.3 Å². The van der Waals surface area contributed by atoms with Crippen molar-refractivity contribution < 1.29 is 22.7 Å². The summed E-state index contributed by atoms with van der Waals surface area (Å²) in [7, 11) is -2.67. The van der Waals surface area contributed by atoms with Crippen LogP contribution >= 0.6 is 11.6 Å². The van der Waals surface area contributed by atoms with Crippen LogP contribution in [0, 0.1) is 0 Å². The molecule has 2 rings (SSSR count). The summed E-state index contributed by atoms with van der Waals surface area (Å²) < 4.78 is 38.8. The molecular formula is C20H23ClN2O5S. The van der Waals surface area contributed by atoms with Crippen LogP contribution < -0.4 is 14.8 Å². The van der Waals surface area contributed by atoms with E-state index in [9.17, 15) is 13.2 Å². The van der Waals surface area contributed by atoms with Gasteiger partial charge in [-0.2, -0.15) is 0 Å². The Bertz CT molecular complexity index is 979. The number of hydrogen-bond acceptors (Lipinski definition) is 5. The summed E-state index contributed by atoms with van der Waals surface area (Å²) in [5.74, 6) is -0.278. The van der Waals surface area contributed by atoms with E-state index in [0.29, 0.717) is 13.0 Å². The second-order valence-electron chi connectivity index (χ2n) is 6.03. The Balaban J connectivity index is 2.25. The van der Waals surface area contributed by atoms with Gasteiger partial charge in [0.2, 0.25) is 0 Å². The molecular weight excluding hydrogens is 416 g/mol. The van der Waals surface area contributed by atoms with Crippen molar-refractivity contribution in [1.82, 2.24) is 0 Å². The topological polar surface area (TPSA) is 93.7 Å². The number of anilines is 2. The SMILES string of the molecule is C=CCCOC(C)C(=O)Nc1ccc(OC)c(S(=O)(=O)Nc2ccccc2Cl)c1. The molecule has 0 aromatic heterocycles. The van der Waals surface area contributed by atoms with Gasteiger partial charge in [-0.05, 0) is 43.7 Å². The Morgan fingerprint density at radius 2 is 2.00 bits per heavy atom. The van der Waals surface area contributed by atoms with Gasteiger partial charge in [0.25, 0.3) is 15.9 Å². The van der Waals surface area contributed by atoms with Gasteiger partial charge in [-0.25, -0.2) is 8.42 Å². The lowest BCUT2D eigenvalue weighted by atomic mass is 10.2. The molecule has 1 amide bonds. The number of carbonyl (C=O) groups excluding carboxylic acids is 1. The molecule has 2 N–H and O–H groups in total. The van der Waals surface area contributed by atoms with Gasteiger partial charge in [0, 0.05) is 5.69 Å². The largest absolute Gasteiger partial charge is 0.495 e. The van der Waals surface area contributed by atoms with Gasteiger partial charge in [-0.1, -0.05) is 29.8 Å². The van der Waals surface area contributed by atoms with Crippen molar-refractivity contribution in [2.24, 2.45) is 0 Å². The minimum atomic E-state index is -4.03. The third-order valence-electron chi connectivity index (χ3n) is 3.90. The highest BCUT2D eigenvalue weighted by Crippen LogP contribution is 2.30. The fourth-order valence-electron chi connectivity index (χ4n) is 2.36. The predicted octanol–water partition coefficient (Wildman–Crippen LogP) is 4.07. The Morgan fingerprint density at radius 3 is 2.66 bits per heavy atom. The number of nitrogens with one attached hydrogen (secondary N) is 2. The molecule has 1 unspecified atom stereocenters. The van der Waals surface area contributed by atoms with Crippen molar-refractivity contribution in [2.45, 2.75) is 24.3 Å². The minimum Gasteiger partial charge on any atom is -0.495 e. The van der Waals surface area contributed by atoms with Gasteiger partial charge in [-0.3, -0.25) is 9.52 Å². The van der Waals surface area contributed by atoms with Crippen molar-refractivity contribution in [2.75, 3.05) is 23.8 Å². The maximum Gasteiger partial charge on any atom is 0.265 e. The number of halogens is 1. The van der Waals surface area contributed by atoms with Crippen LogP contribution in [0.5, 0.6) is 5.75 Å². The number of benzene rings is 2. The van der Waals surface area contributed by atoms with Crippen molar-refractivity contribution in [3.05, 3.63) is 60.1 Å². The number of hydrogen-bond donors (Lipinski definition) is 2. The monoisotopic (exact) mass is 438 g/mol. The lowest BCUT2D eigenvalue weighted by molar-refractivity contribution is -0.126. The third kappa shape index (κ3) is 6.22. The second kappa shape index (κ2) is 10.3. The molecule has 2 aromatic rings. The number of carbonyl (C=O) groups is 1. The molecule has 0 saturated heterocycles. The van der Waals surface area contributed by atoms with Gasteiger partial charge in [0.1, 0.15) is 16.7 Å². The molecule has 2 aromatic carbocycles. The minimum absolute atomic E-state index is 0.123. The fourth-order valence-corrected chi connectivity index (χ4v) is 3.87. The molecule has 0 aliphatic rings. The van der Waals surface area contributed by atoms with Gasteiger partial charge in [-0.15, -0.1) is 6.58 Å². The highest BCUT2D eigenvalue weighted by Gasteiger charge is 2.22. The first-order valence-corrected chi connectivity index (χ1v) is 10.6. The van der Waals surface area contributed by atoms with Gasteiger partial charge >= 0.3 is 0 Å². The van der Waals surface area contributed by atoms with E-state index in [-0.39, 0.29) is 27.0 Å². The molecule has 29 heavy (non-hydrogen) atoms. The summed E-state index contributed by atoms with van der Waals surface area (Å²) in [5.41, 5.74) is 0.518. The molecule has 0 aliphatic heterocycles. The molecule has 0 heterocycles. The van der Waals surface area contributed by atoms with E-state index in [0.717, 1.165) is 0 Å². The predicted molar refractivity (Wildman–Crippen MR) is 114 cm³/mol. The van der Waals surface area contributed by atoms with Crippen molar-refractivity contribution in [3.8, 4) is 5.75 Å². The Labute approximate surface area is 175 Å². The number of rotatable bonds is 10. The number of para-hydroxylation sites is 1. The Hall–Kier alpha value is -2.55. The second-order valence-corrected chi connectivity index (χ2v) is 8.09. The fraction of sp³-hybridized carbons (Fsp3) is 0.250. The zero-order valence-electron chi connectivity index (χ0n) is 16.1. The third-order valence-corrected chi connectivity index (χ3v) is 5.61. The molecule has 0 aliphatic carbocycles. The molecule has 9 heteroatoms. The van der Waals surface area contributed by atoms with Crippen LogP contribution in [0.3, 0.4) is 0 Å². The molecule has 7 nitrogen and oxygen atoms in total. The Kier molecular flexibility index (Phi) is 8.07. The zero-order chi connectivity index (χ0) is 21.4. The van der Waals surface area contributed by atoms with Gasteiger partial charge < -0.3 is 14.8 Å². The summed E-state index contributed by atoms with van der Waals surface area (Å²) in [5, 5.41) is 2.90. The highest BCUT2D eigenvalue weighted by molar-refractivity contribution is 7.92. The van der Waals surface area contributed by atoms with E-state index in [4.69, 9.17) is 21.1 Å². The van der Waals surface area contributed by atoms with Crippen molar-refractivity contribution in [1.29, 1.82) is 0 Å². The molecule has 0 fully saturated rings. The summed E-state index contributed by atoms with van der Waals surface area (Å²) in [6.45, 7) is 5.56. The molecule has 0 spiro atoms. The Morgan fingerprint density at radius 1 is 1.28 bits per heavy atom. The number of ether oxygens (including phenoxy) is 2. The average molecular weight is 439 g/mol. The molecule has 0 bridgehead atoms. The molecule has 156 valence electrons. The highest BCUT2D eigenvalue weighted by atomic mass is 35.5. The normalized spacial score (nSPS) is 12.1.